The minimum Gasteiger partial charge on any atom is -0.442 e. The van der Waals surface area contributed by atoms with Crippen LogP contribution in [-0.2, 0) is 33.2 Å². The lowest BCUT2D eigenvalue weighted by atomic mass is 10.2. The molecule has 0 spiro atoms. The zero-order chi connectivity index (χ0) is 27.9. The van der Waals surface area contributed by atoms with Gasteiger partial charge in [0.25, 0.3) is 23.6 Å². The van der Waals surface area contributed by atoms with Crippen LogP contribution >= 0.6 is 16.8 Å². The molecule has 0 fully saturated rings. The lowest BCUT2D eigenvalue weighted by Gasteiger charge is -2.15. The fourth-order valence-electron chi connectivity index (χ4n) is 3.31. The number of anilines is 4. The summed E-state index contributed by atoms with van der Waals surface area (Å²) < 4.78 is 15.4. The van der Waals surface area contributed by atoms with Gasteiger partial charge in [-0.25, -0.2) is 19.4 Å². The zero-order valence-electron chi connectivity index (χ0n) is 19.9. The Hall–Kier alpha value is -4.44. The first-order valence-electron chi connectivity index (χ1n) is 11.1. The highest BCUT2D eigenvalue weighted by atomic mass is 32.0. The zero-order valence-corrected chi connectivity index (χ0v) is 22.0. The summed E-state index contributed by atoms with van der Waals surface area (Å²) >= 11 is 0. The first kappa shape index (κ1) is 27.6. The Kier molecular flexibility index (Phi) is 8.77. The first-order valence-corrected chi connectivity index (χ1v) is 14.1. The van der Waals surface area contributed by atoms with Gasteiger partial charge in [-0.05, 0) is 48.5 Å². The molecule has 4 rings (SSSR count). The van der Waals surface area contributed by atoms with E-state index in [0.29, 0.717) is 22.7 Å². The summed E-state index contributed by atoms with van der Waals surface area (Å²) in [6.45, 7) is -0.406. The van der Waals surface area contributed by atoms with E-state index < -0.39 is 50.4 Å². The third-order valence-corrected chi connectivity index (χ3v) is 6.81. The summed E-state index contributed by atoms with van der Waals surface area (Å²) in [6, 6.07) is 12.0. The minimum absolute atomic E-state index is 0.110. The number of nitrogens with one attached hydrogen (secondary N) is 2. The van der Waals surface area contributed by atoms with Gasteiger partial charge in [0.05, 0.1) is 19.2 Å². The molecule has 200 valence electrons. The van der Waals surface area contributed by atoms with Crippen LogP contribution in [0, 0.1) is 0 Å². The molecular weight excluding hydrogens is 550 g/mol. The van der Waals surface area contributed by atoms with Crippen LogP contribution in [0.2, 0.25) is 0 Å². The summed E-state index contributed by atoms with van der Waals surface area (Å²) in [6.07, 6.45) is 3.02. The van der Waals surface area contributed by atoms with Gasteiger partial charge in [0.1, 0.15) is 6.35 Å². The predicted molar refractivity (Wildman–Crippen MR) is 144 cm³/mol. The molecule has 13 nitrogen and oxygen atoms in total. The van der Waals surface area contributed by atoms with Gasteiger partial charge in [-0.1, -0.05) is 8.93 Å². The molecule has 0 saturated heterocycles. The number of ether oxygens (including phenoxy) is 2. The number of imide groups is 2. The molecule has 0 saturated carbocycles. The van der Waals surface area contributed by atoms with E-state index in [1.54, 1.807) is 0 Å². The number of hydrogen-bond acceptors (Lipinski definition) is 9. The summed E-state index contributed by atoms with van der Waals surface area (Å²) in [4.78, 5) is 72.9. The minimum atomic E-state index is -1.35. The monoisotopic (exact) mass is 570 g/mol. The second kappa shape index (κ2) is 12.4. The second-order valence-corrected chi connectivity index (χ2v) is 10.8. The van der Waals surface area contributed by atoms with Crippen LogP contribution in [-0.4, -0.2) is 49.0 Å². The molecule has 0 aliphatic carbocycles. The van der Waals surface area contributed by atoms with Gasteiger partial charge < -0.3 is 14.0 Å². The fourth-order valence-corrected chi connectivity index (χ4v) is 4.23. The van der Waals surface area contributed by atoms with E-state index in [1.807, 2.05) is 0 Å². The number of rotatable bonds is 9. The van der Waals surface area contributed by atoms with Crippen molar-refractivity contribution in [1.82, 2.24) is 0 Å². The van der Waals surface area contributed by atoms with Crippen molar-refractivity contribution in [2.75, 3.05) is 33.6 Å². The van der Waals surface area contributed by atoms with Gasteiger partial charge in [0.2, 0.25) is 0 Å². The topological polar surface area (TPSA) is 161 Å². The Morgan fingerprint density at radius 2 is 1.05 bits per heavy atom. The lowest BCUT2D eigenvalue weighted by molar-refractivity contribution is -0.121. The summed E-state index contributed by atoms with van der Waals surface area (Å²) in [5.41, 5.74) is 1.48. The van der Waals surface area contributed by atoms with Crippen LogP contribution < -0.4 is 20.4 Å². The molecule has 2 atom stereocenters. The van der Waals surface area contributed by atoms with Crippen LogP contribution in [0.15, 0.2) is 72.8 Å². The molecule has 2 N–H and O–H groups in total. The van der Waals surface area contributed by atoms with Gasteiger partial charge in [-0.15, -0.1) is 0 Å². The normalized spacial score (nSPS) is 15.1. The molecule has 15 heteroatoms. The number of amides is 6. The molecule has 2 unspecified atom stereocenters. The van der Waals surface area contributed by atoms with Crippen molar-refractivity contribution < 1.29 is 42.8 Å². The molecule has 0 aromatic heterocycles. The van der Waals surface area contributed by atoms with Gasteiger partial charge in [0, 0.05) is 35.7 Å². The molecule has 2 aromatic carbocycles. The fraction of sp³-hybridized carbons (Fsp3) is 0.0833. The van der Waals surface area contributed by atoms with Crippen LogP contribution in [0.3, 0.4) is 0 Å². The van der Waals surface area contributed by atoms with Crippen molar-refractivity contribution in [3.63, 3.8) is 0 Å². The van der Waals surface area contributed by atoms with Crippen molar-refractivity contribution >= 4 is 75.3 Å². The second-order valence-electron chi connectivity index (χ2n) is 7.69. The molecule has 2 aliphatic heterocycles. The molecule has 2 heterocycles. The lowest BCUT2D eigenvalue weighted by Crippen LogP contribution is -2.29. The van der Waals surface area contributed by atoms with Crippen LogP contribution in [0.25, 0.3) is 0 Å². The van der Waals surface area contributed by atoms with E-state index in [1.165, 1.54) is 72.8 Å². The molecule has 0 bridgehead atoms. The van der Waals surface area contributed by atoms with Crippen LogP contribution in [0.1, 0.15) is 0 Å². The van der Waals surface area contributed by atoms with Crippen molar-refractivity contribution in [2.24, 2.45) is 0 Å². The average molecular weight is 570 g/mol. The van der Waals surface area contributed by atoms with E-state index in [9.17, 15) is 28.8 Å². The van der Waals surface area contributed by atoms with Crippen LogP contribution in [0.5, 0.6) is 0 Å². The maximum Gasteiger partial charge on any atom is 0.413 e. The summed E-state index contributed by atoms with van der Waals surface area (Å²) in [5.74, 6) is -1.79. The first-order chi connectivity index (χ1) is 18.7. The van der Waals surface area contributed by atoms with Gasteiger partial charge in [0.15, 0.2) is 6.79 Å². The third-order valence-electron chi connectivity index (χ3n) is 5.09. The predicted octanol–water partition coefficient (Wildman–Crippen LogP) is 3.46. The molecule has 6 amide bonds. The Labute approximate surface area is 224 Å². The van der Waals surface area contributed by atoms with E-state index in [0.717, 1.165) is 9.80 Å². The molecule has 2 aromatic rings. The highest BCUT2D eigenvalue weighted by molar-refractivity contribution is 8.10. The van der Waals surface area contributed by atoms with E-state index in [4.69, 9.17) is 14.0 Å². The Bertz CT molecular complexity index is 1340. The largest absolute Gasteiger partial charge is 0.442 e. The maximum atomic E-state index is 12.0. The van der Waals surface area contributed by atoms with E-state index in [-0.39, 0.29) is 6.35 Å². The third kappa shape index (κ3) is 7.11. The number of benzene rings is 2. The van der Waals surface area contributed by atoms with Gasteiger partial charge >= 0.3 is 12.2 Å². The van der Waals surface area contributed by atoms with Crippen molar-refractivity contribution in [1.29, 1.82) is 0 Å². The highest BCUT2D eigenvalue weighted by Crippen LogP contribution is 2.45. The van der Waals surface area contributed by atoms with Gasteiger partial charge in [-0.3, -0.25) is 29.8 Å². The molecule has 2 aliphatic rings. The Morgan fingerprint density at radius 3 is 1.46 bits per heavy atom. The van der Waals surface area contributed by atoms with Crippen molar-refractivity contribution in [3.05, 3.63) is 72.8 Å². The van der Waals surface area contributed by atoms with Crippen molar-refractivity contribution in [3.8, 4) is 0 Å². The molecular formula is C24H20N4O9P2. The standard InChI is InChI=1S/C24H20N4O9P2/c29-19-9-10-20(30)27(19)17-5-1-15(2-6-17)25-23(33)35-13-37-39(38)14-36-24(34)26-16-3-7-18(8-4-16)28-21(31)11-12-22(28)32/h1-12H,13-14,38H2,(H,25,33)(H,26,34). The quantitative estimate of drug-likeness (QED) is 0.261. The molecule has 39 heavy (non-hydrogen) atoms. The summed E-state index contributed by atoms with van der Waals surface area (Å²) in [7, 11) is 1.000. The SMILES string of the molecule is O=C(Nc1ccc(N2C(=O)C=CC2=O)cc1)OCOP(P)COC(=O)Nc1ccc(N2C(=O)C=CC2=O)cc1. The van der Waals surface area contributed by atoms with Crippen molar-refractivity contribution in [2.45, 2.75) is 0 Å². The highest BCUT2D eigenvalue weighted by Gasteiger charge is 2.26. The van der Waals surface area contributed by atoms with Gasteiger partial charge in [-0.2, -0.15) is 0 Å². The number of hydrogen-bond donors (Lipinski definition) is 2. The molecule has 0 radical (unpaired) electrons. The van der Waals surface area contributed by atoms with Crippen LogP contribution in [0.4, 0.5) is 32.3 Å². The van der Waals surface area contributed by atoms with E-state index >= 15 is 0 Å². The maximum absolute atomic E-state index is 12.0. The number of carbonyl (C=O) groups excluding carboxylic acids is 6. The smallest absolute Gasteiger partial charge is 0.413 e. The Morgan fingerprint density at radius 1 is 0.667 bits per heavy atom. The number of carbonyl (C=O) groups is 6. The Balaban J connectivity index is 1.13. The summed E-state index contributed by atoms with van der Waals surface area (Å²) in [5, 5.41) is 4.98. The van der Waals surface area contributed by atoms with E-state index in [2.05, 4.69) is 19.6 Å². The number of nitrogens with zero attached hydrogens (tertiary/aromatic N) is 2. The average Bonchev–Trinajstić information content (AvgIpc) is 3.43.